The molecule has 1 unspecified atom stereocenters. The van der Waals surface area contributed by atoms with Crippen LogP contribution in [0.5, 0.6) is 0 Å². The van der Waals surface area contributed by atoms with Crippen LogP contribution in [0.2, 0.25) is 0 Å². The van der Waals surface area contributed by atoms with E-state index in [0.717, 1.165) is 0 Å². The van der Waals surface area contributed by atoms with Gasteiger partial charge in [0.15, 0.2) is 0 Å². The summed E-state index contributed by atoms with van der Waals surface area (Å²) in [5, 5.41) is 0. The number of methoxy groups -OCH3 is 1. The van der Waals surface area contributed by atoms with Crippen LogP contribution in [0.4, 0.5) is 10.1 Å². The molecule has 0 N–H and O–H groups in total. The summed E-state index contributed by atoms with van der Waals surface area (Å²) in [5.41, 5.74) is 2.11. The second kappa shape index (κ2) is 9.88. The van der Waals surface area contributed by atoms with Gasteiger partial charge in [0, 0.05) is 11.8 Å². The van der Waals surface area contributed by atoms with Gasteiger partial charge in [-0.25, -0.2) is 13.4 Å². The van der Waals surface area contributed by atoms with Crippen molar-refractivity contribution in [1.82, 2.24) is 0 Å². The molecule has 0 heterocycles. The number of hydrogen-bond acceptors (Lipinski definition) is 4. The van der Waals surface area contributed by atoms with E-state index in [2.05, 4.69) is 16.2 Å². The molecular weight excluding hydrogens is 413 g/mol. The van der Waals surface area contributed by atoms with Crippen molar-refractivity contribution in [2.24, 2.45) is 4.36 Å². The van der Waals surface area contributed by atoms with Gasteiger partial charge in [-0.15, -0.1) is 0 Å². The lowest BCUT2D eigenvalue weighted by Gasteiger charge is -2.06. The number of ether oxygens (including phenoxy) is 1. The predicted octanol–water partition coefficient (Wildman–Crippen LogP) is 5.12. The van der Waals surface area contributed by atoms with E-state index in [1.165, 1.54) is 31.6 Å². The van der Waals surface area contributed by atoms with Gasteiger partial charge in [-0.2, -0.15) is 4.36 Å². The van der Waals surface area contributed by atoms with E-state index < -0.39 is 21.5 Å². The first kappa shape index (κ1) is 22.0. The molecule has 0 spiro atoms. The number of carbonyl (C=O) groups excluding carboxylic acids is 1. The molecule has 31 heavy (non-hydrogen) atoms. The molecule has 1 atom stereocenters. The van der Waals surface area contributed by atoms with Crippen LogP contribution < -0.4 is 0 Å². The minimum atomic E-state index is -2.86. The average Bonchev–Trinajstić information content (AvgIpc) is 2.73. The third-order valence-electron chi connectivity index (χ3n) is 4.28. The molecule has 1 aliphatic carbocycles. The van der Waals surface area contributed by atoms with E-state index in [0.29, 0.717) is 27.3 Å². The molecule has 0 aliphatic heterocycles. The second-order valence-corrected chi connectivity index (χ2v) is 8.83. The smallest absolute Gasteiger partial charge is 0.337 e. The topological polar surface area (TPSA) is 55.7 Å². The molecular formula is C25H20FNO3S. The van der Waals surface area contributed by atoms with Crippen molar-refractivity contribution in [3.05, 3.63) is 108 Å². The summed E-state index contributed by atoms with van der Waals surface area (Å²) in [6.45, 7) is 0. The van der Waals surface area contributed by atoms with Gasteiger partial charge < -0.3 is 4.74 Å². The Balaban J connectivity index is 1.98. The summed E-state index contributed by atoms with van der Waals surface area (Å²) in [4.78, 5) is 12.1. The summed E-state index contributed by atoms with van der Waals surface area (Å²) >= 11 is 0. The Morgan fingerprint density at radius 2 is 1.81 bits per heavy atom. The van der Waals surface area contributed by atoms with Gasteiger partial charge in [0.25, 0.3) is 0 Å². The van der Waals surface area contributed by atoms with Gasteiger partial charge in [-0.1, -0.05) is 42.2 Å². The van der Waals surface area contributed by atoms with Crippen LogP contribution >= 0.6 is 0 Å². The maximum absolute atomic E-state index is 13.6. The molecule has 2 aromatic carbocycles. The maximum Gasteiger partial charge on any atom is 0.337 e. The van der Waals surface area contributed by atoms with Crippen molar-refractivity contribution in [1.29, 1.82) is 0 Å². The first-order valence-corrected chi connectivity index (χ1v) is 11.3. The number of carbonyl (C=O) groups is 1. The minimum absolute atomic E-state index is 0.313. The summed E-state index contributed by atoms with van der Waals surface area (Å²) in [7, 11) is -1.54. The second-order valence-electron chi connectivity index (χ2n) is 6.57. The lowest BCUT2D eigenvalue weighted by Crippen LogP contribution is -2.02. The predicted molar refractivity (Wildman–Crippen MR) is 121 cm³/mol. The number of benzene rings is 2. The molecule has 2 aromatic rings. The summed E-state index contributed by atoms with van der Waals surface area (Å²) < 4.78 is 35.8. The van der Waals surface area contributed by atoms with E-state index in [1.807, 2.05) is 12.1 Å². The first-order valence-electron chi connectivity index (χ1n) is 9.33. The highest BCUT2D eigenvalue weighted by atomic mass is 32.2. The van der Waals surface area contributed by atoms with Gasteiger partial charge >= 0.3 is 5.97 Å². The monoisotopic (exact) mass is 433 g/mol. The van der Waals surface area contributed by atoms with Gasteiger partial charge in [-0.3, -0.25) is 0 Å². The number of rotatable bonds is 3. The molecule has 3 rings (SSSR count). The van der Waals surface area contributed by atoms with E-state index in [1.54, 1.807) is 54.6 Å². The molecule has 1 aliphatic rings. The maximum atomic E-state index is 13.6. The van der Waals surface area contributed by atoms with Gasteiger partial charge in [0.1, 0.15) is 5.82 Å². The van der Waals surface area contributed by atoms with Crippen LogP contribution in [0.3, 0.4) is 0 Å². The average molecular weight is 434 g/mol. The molecule has 0 saturated carbocycles. The van der Waals surface area contributed by atoms with Crippen LogP contribution in [0.1, 0.15) is 5.56 Å². The number of esters is 1. The number of allylic oxidation sites excluding steroid dienone is 6. The van der Waals surface area contributed by atoms with Crippen molar-refractivity contribution in [3.8, 4) is 11.8 Å². The normalized spacial score (nSPS) is 20.1. The minimum Gasteiger partial charge on any atom is -0.465 e. The van der Waals surface area contributed by atoms with Crippen molar-refractivity contribution < 1.29 is 18.1 Å². The highest BCUT2D eigenvalue weighted by Gasteiger charge is 2.09. The standard InChI is InChI=1S/C25H20FNO3S/c1-30-25(28)21-10-4-3-8-19(15-17-21)14-16-20-9-5-6-13-24(20)27-31(2,29)23-12-7-11-22(26)18-23/h3-13,15,17-18H,1-2H3/b4-3?,8-3+,10-4+,17-15?,19-8?,19-15+,21-10?,21-17+. The third kappa shape index (κ3) is 5.91. The quantitative estimate of drug-likeness (QED) is 0.499. The zero-order chi connectivity index (χ0) is 22.3. The Hall–Kier alpha value is -3.69. The molecule has 0 radical (unpaired) electrons. The van der Waals surface area contributed by atoms with E-state index in [4.69, 9.17) is 4.74 Å². The van der Waals surface area contributed by atoms with Crippen molar-refractivity contribution in [2.75, 3.05) is 13.4 Å². The molecule has 0 amide bonds. The fraction of sp³-hybridized carbons (Fsp3) is 0.0800. The molecule has 4 nitrogen and oxygen atoms in total. The summed E-state index contributed by atoms with van der Waals surface area (Å²) in [6.07, 6.45) is 11.8. The molecule has 0 aromatic heterocycles. The Labute approximate surface area is 181 Å². The van der Waals surface area contributed by atoms with Crippen LogP contribution in [0.25, 0.3) is 0 Å². The Morgan fingerprint density at radius 1 is 1.03 bits per heavy atom. The molecule has 0 saturated heterocycles. The number of nitrogens with zero attached hydrogens (tertiary/aromatic N) is 1. The first-order chi connectivity index (χ1) is 14.9. The van der Waals surface area contributed by atoms with Crippen molar-refractivity contribution in [3.63, 3.8) is 0 Å². The SMILES string of the molecule is COC(=O)C1=C/C=C(C#Cc2ccccc2N=S(C)(=O)c2cccc(F)c2)\C=C\C=C\1. The molecule has 0 bridgehead atoms. The van der Waals surface area contributed by atoms with E-state index >= 15 is 0 Å². The zero-order valence-corrected chi connectivity index (χ0v) is 17.9. The summed E-state index contributed by atoms with van der Waals surface area (Å²) in [5.74, 6) is 5.18. The van der Waals surface area contributed by atoms with Gasteiger partial charge in [0.05, 0.1) is 38.6 Å². The lowest BCUT2D eigenvalue weighted by atomic mass is 10.1. The highest BCUT2D eigenvalue weighted by Crippen LogP contribution is 2.23. The Kier molecular flexibility index (Phi) is 7.01. The Bertz CT molecular complexity index is 1310. The van der Waals surface area contributed by atoms with Crippen LogP contribution in [-0.4, -0.2) is 23.5 Å². The van der Waals surface area contributed by atoms with Gasteiger partial charge in [-0.05, 0) is 54.6 Å². The van der Waals surface area contributed by atoms with Crippen LogP contribution in [0.15, 0.2) is 105 Å². The molecule has 156 valence electrons. The van der Waals surface area contributed by atoms with E-state index in [9.17, 15) is 13.4 Å². The van der Waals surface area contributed by atoms with Gasteiger partial charge in [0.2, 0.25) is 0 Å². The van der Waals surface area contributed by atoms with Crippen molar-refractivity contribution >= 4 is 21.4 Å². The third-order valence-corrected chi connectivity index (χ3v) is 5.95. The summed E-state index contributed by atoms with van der Waals surface area (Å²) in [6, 6.07) is 12.7. The van der Waals surface area contributed by atoms with E-state index in [-0.39, 0.29) is 0 Å². The molecule has 0 fully saturated rings. The van der Waals surface area contributed by atoms with Crippen LogP contribution in [-0.2, 0) is 19.3 Å². The zero-order valence-electron chi connectivity index (χ0n) is 17.0. The Morgan fingerprint density at radius 3 is 2.58 bits per heavy atom. The fourth-order valence-electron chi connectivity index (χ4n) is 2.69. The highest BCUT2D eigenvalue weighted by molar-refractivity contribution is 7.93. The lowest BCUT2D eigenvalue weighted by molar-refractivity contribution is -0.135. The molecule has 6 heteroatoms. The largest absolute Gasteiger partial charge is 0.465 e. The number of halogens is 1. The van der Waals surface area contributed by atoms with Crippen LogP contribution in [0, 0.1) is 17.7 Å². The fourth-order valence-corrected chi connectivity index (χ4v) is 3.99. The van der Waals surface area contributed by atoms with Crippen molar-refractivity contribution in [2.45, 2.75) is 4.90 Å². The number of hydrogen-bond donors (Lipinski definition) is 0.